The number of halogens is 5. The Labute approximate surface area is 116 Å². The zero-order valence-electron chi connectivity index (χ0n) is 9.75. The highest BCUT2D eigenvalue weighted by molar-refractivity contribution is 6.30. The smallest absolute Gasteiger partial charge is 0.248 e. The number of nitriles is 1. The molecule has 0 saturated carbocycles. The van der Waals surface area contributed by atoms with E-state index in [4.69, 9.17) is 16.9 Å². The van der Waals surface area contributed by atoms with Crippen LogP contribution >= 0.6 is 11.6 Å². The average Bonchev–Trinajstić information content (AvgIpc) is 2.69. The molecule has 0 aliphatic heterocycles. The molecule has 8 heteroatoms. The van der Waals surface area contributed by atoms with Crippen molar-refractivity contribution in [2.24, 2.45) is 0 Å². The molecule has 3 nitrogen and oxygen atoms in total. The summed E-state index contributed by atoms with van der Waals surface area (Å²) in [7, 11) is 0. The predicted molar refractivity (Wildman–Crippen MR) is 62.5 cm³/mol. The molecule has 0 fully saturated rings. The Hall–Kier alpha value is -2.07. The summed E-state index contributed by atoms with van der Waals surface area (Å²) < 4.78 is 51.7. The van der Waals surface area contributed by atoms with E-state index in [9.17, 15) is 17.6 Å². The standard InChI is InChI=1S/C12H6ClF4N3/c13-11-9(5-18)10(12(15,16)17)19-20(11)6-7-1-3-8(14)4-2-7/h1-4H,6H2. The lowest BCUT2D eigenvalue weighted by Gasteiger charge is -2.03. The minimum Gasteiger partial charge on any atom is -0.248 e. The Balaban J connectivity index is 2.41. The van der Waals surface area contributed by atoms with Crippen molar-refractivity contribution < 1.29 is 17.6 Å². The summed E-state index contributed by atoms with van der Waals surface area (Å²) in [6.07, 6.45) is -4.76. The number of hydrogen-bond donors (Lipinski definition) is 0. The number of hydrogen-bond acceptors (Lipinski definition) is 2. The molecule has 104 valence electrons. The van der Waals surface area contributed by atoms with Crippen molar-refractivity contribution in [3.8, 4) is 6.07 Å². The van der Waals surface area contributed by atoms with Crippen molar-refractivity contribution in [2.75, 3.05) is 0 Å². The summed E-state index contributed by atoms with van der Waals surface area (Å²) in [4.78, 5) is 0. The first-order chi connectivity index (χ1) is 9.32. The minimum absolute atomic E-state index is 0.0934. The number of aromatic nitrogens is 2. The van der Waals surface area contributed by atoms with Crippen LogP contribution in [0.3, 0.4) is 0 Å². The Morgan fingerprint density at radius 1 is 1.25 bits per heavy atom. The van der Waals surface area contributed by atoms with Crippen molar-refractivity contribution in [3.63, 3.8) is 0 Å². The van der Waals surface area contributed by atoms with E-state index in [0.717, 1.165) is 4.68 Å². The predicted octanol–water partition coefficient (Wildman–Crippen LogP) is 3.61. The van der Waals surface area contributed by atoms with Gasteiger partial charge in [-0.25, -0.2) is 9.07 Å². The van der Waals surface area contributed by atoms with Gasteiger partial charge in [0.05, 0.1) is 6.54 Å². The van der Waals surface area contributed by atoms with Gasteiger partial charge in [0, 0.05) is 0 Å². The number of benzene rings is 1. The van der Waals surface area contributed by atoms with Crippen molar-refractivity contribution in [3.05, 3.63) is 52.1 Å². The van der Waals surface area contributed by atoms with E-state index in [0.29, 0.717) is 5.56 Å². The molecular formula is C12H6ClF4N3. The Morgan fingerprint density at radius 3 is 2.30 bits per heavy atom. The van der Waals surface area contributed by atoms with Gasteiger partial charge < -0.3 is 0 Å². The fourth-order valence-electron chi connectivity index (χ4n) is 1.61. The van der Waals surface area contributed by atoms with E-state index in [-0.39, 0.29) is 6.54 Å². The summed E-state index contributed by atoms with van der Waals surface area (Å²) >= 11 is 5.72. The monoisotopic (exact) mass is 303 g/mol. The maximum absolute atomic E-state index is 12.7. The van der Waals surface area contributed by atoms with Gasteiger partial charge in [-0.3, -0.25) is 0 Å². The fourth-order valence-corrected chi connectivity index (χ4v) is 1.84. The summed E-state index contributed by atoms with van der Waals surface area (Å²) in [5, 5.41) is 11.7. The number of nitrogens with zero attached hydrogens (tertiary/aromatic N) is 3. The first kappa shape index (κ1) is 14.3. The van der Waals surface area contributed by atoms with Gasteiger partial charge >= 0.3 is 6.18 Å². The second-order valence-corrected chi connectivity index (χ2v) is 4.27. The molecule has 20 heavy (non-hydrogen) atoms. The molecule has 0 aliphatic carbocycles. The molecule has 0 bridgehead atoms. The van der Waals surface area contributed by atoms with Crippen LogP contribution in [0.2, 0.25) is 5.15 Å². The molecule has 0 saturated heterocycles. The Morgan fingerprint density at radius 2 is 1.85 bits per heavy atom. The van der Waals surface area contributed by atoms with Crippen LogP contribution < -0.4 is 0 Å². The van der Waals surface area contributed by atoms with Crippen LogP contribution in [0, 0.1) is 17.1 Å². The molecule has 0 amide bonds. The molecule has 1 aromatic heterocycles. The van der Waals surface area contributed by atoms with Crippen LogP contribution in [0.4, 0.5) is 17.6 Å². The van der Waals surface area contributed by atoms with E-state index >= 15 is 0 Å². The van der Waals surface area contributed by atoms with Crippen LogP contribution in [0.1, 0.15) is 16.8 Å². The van der Waals surface area contributed by atoms with Gasteiger partial charge in [-0.2, -0.15) is 23.5 Å². The Bertz CT molecular complexity index is 668. The highest BCUT2D eigenvalue weighted by Crippen LogP contribution is 2.34. The second kappa shape index (κ2) is 5.13. The van der Waals surface area contributed by atoms with E-state index in [1.54, 1.807) is 0 Å². The normalized spacial score (nSPS) is 11.4. The molecular weight excluding hydrogens is 298 g/mol. The summed E-state index contributed by atoms with van der Waals surface area (Å²) in [6, 6.07) is 6.52. The first-order valence-corrected chi connectivity index (χ1v) is 5.68. The molecule has 0 spiro atoms. The highest BCUT2D eigenvalue weighted by atomic mass is 35.5. The lowest BCUT2D eigenvalue weighted by atomic mass is 10.2. The van der Waals surface area contributed by atoms with Crippen LogP contribution in [-0.4, -0.2) is 9.78 Å². The SMILES string of the molecule is N#Cc1c(C(F)(F)F)nn(Cc2ccc(F)cc2)c1Cl. The largest absolute Gasteiger partial charge is 0.436 e. The van der Waals surface area contributed by atoms with Crippen molar-refractivity contribution >= 4 is 11.6 Å². The third-order valence-corrected chi connectivity index (χ3v) is 2.90. The van der Waals surface area contributed by atoms with Crippen molar-refractivity contribution in [1.82, 2.24) is 9.78 Å². The molecule has 1 heterocycles. The summed E-state index contributed by atoms with van der Waals surface area (Å²) in [6.45, 7) is -0.0934. The third kappa shape index (κ3) is 2.75. The van der Waals surface area contributed by atoms with Crippen LogP contribution in [0.25, 0.3) is 0 Å². The van der Waals surface area contributed by atoms with E-state index in [1.807, 2.05) is 0 Å². The lowest BCUT2D eigenvalue weighted by Crippen LogP contribution is -2.09. The molecule has 0 radical (unpaired) electrons. The second-order valence-electron chi connectivity index (χ2n) is 3.91. The zero-order valence-corrected chi connectivity index (χ0v) is 10.5. The van der Waals surface area contributed by atoms with Gasteiger partial charge in [-0.15, -0.1) is 0 Å². The van der Waals surface area contributed by atoms with Crippen molar-refractivity contribution in [1.29, 1.82) is 5.26 Å². The summed E-state index contributed by atoms with van der Waals surface area (Å²) in [5.74, 6) is -0.464. The topological polar surface area (TPSA) is 41.6 Å². The molecule has 1 aromatic carbocycles. The maximum Gasteiger partial charge on any atom is 0.436 e. The molecule has 0 N–H and O–H groups in total. The Kier molecular flexibility index (Phi) is 3.68. The molecule has 0 aliphatic rings. The van der Waals surface area contributed by atoms with Gasteiger partial charge in [0.25, 0.3) is 0 Å². The third-order valence-electron chi connectivity index (χ3n) is 2.52. The quantitative estimate of drug-likeness (QED) is 0.795. The number of alkyl halides is 3. The van der Waals surface area contributed by atoms with Gasteiger partial charge in [-0.1, -0.05) is 23.7 Å². The van der Waals surface area contributed by atoms with Crippen LogP contribution in [0.15, 0.2) is 24.3 Å². The fraction of sp³-hybridized carbons (Fsp3) is 0.167. The molecule has 2 rings (SSSR count). The van der Waals surface area contributed by atoms with E-state index in [1.165, 1.54) is 30.3 Å². The average molecular weight is 304 g/mol. The zero-order chi connectivity index (χ0) is 14.9. The maximum atomic E-state index is 12.7. The summed E-state index contributed by atoms with van der Waals surface area (Å²) in [5.41, 5.74) is -1.54. The van der Waals surface area contributed by atoms with Crippen LogP contribution in [-0.2, 0) is 12.7 Å². The van der Waals surface area contributed by atoms with Crippen molar-refractivity contribution in [2.45, 2.75) is 12.7 Å². The van der Waals surface area contributed by atoms with Gasteiger partial charge in [0.15, 0.2) is 5.69 Å². The minimum atomic E-state index is -4.76. The molecule has 0 atom stereocenters. The first-order valence-electron chi connectivity index (χ1n) is 5.31. The van der Waals surface area contributed by atoms with E-state index in [2.05, 4.69) is 5.10 Å². The van der Waals surface area contributed by atoms with Crippen LogP contribution in [0.5, 0.6) is 0 Å². The molecule has 0 unspecified atom stereocenters. The van der Waals surface area contributed by atoms with Gasteiger partial charge in [0.1, 0.15) is 22.6 Å². The number of rotatable bonds is 2. The lowest BCUT2D eigenvalue weighted by molar-refractivity contribution is -0.141. The van der Waals surface area contributed by atoms with Gasteiger partial charge in [-0.05, 0) is 17.7 Å². The molecule has 2 aromatic rings. The van der Waals surface area contributed by atoms with E-state index < -0.39 is 28.4 Å². The highest BCUT2D eigenvalue weighted by Gasteiger charge is 2.39. The van der Waals surface area contributed by atoms with Gasteiger partial charge in [0.2, 0.25) is 0 Å².